The Kier molecular flexibility index (Phi) is 5.87. The number of likely N-dealkylation sites (N-methyl/N-ethyl adjacent to an activating group) is 1. The molecule has 4 N–H and O–H groups in total. The minimum absolute atomic E-state index is 0.0326. The van der Waals surface area contributed by atoms with E-state index in [4.69, 9.17) is 5.73 Å². The molecule has 0 bridgehead atoms. The average molecular weight is 249 g/mol. The maximum atomic E-state index is 11.6. The van der Waals surface area contributed by atoms with E-state index < -0.39 is 6.04 Å². The monoisotopic (exact) mass is 249 g/mol. The van der Waals surface area contributed by atoms with Crippen molar-refractivity contribution in [1.29, 1.82) is 0 Å². The first kappa shape index (κ1) is 14.2. The smallest absolute Gasteiger partial charge is 0.239 e. The molecular formula is C13H19N3O2. The molecule has 1 rings (SSSR count). The standard InChI is InChI=1S/C13H19N3O2/c1-2-15-12(17)9-16-13(18)11(14)8-10-6-4-3-5-7-10/h3-7,11H,2,8-9,14H2,1H3,(H,15,17)(H,16,18). The van der Waals surface area contributed by atoms with Gasteiger partial charge in [-0.15, -0.1) is 0 Å². The van der Waals surface area contributed by atoms with Crippen LogP contribution in [0.3, 0.4) is 0 Å². The second-order valence-corrected chi connectivity index (χ2v) is 3.97. The highest BCUT2D eigenvalue weighted by molar-refractivity contribution is 5.87. The number of carbonyl (C=O) groups excluding carboxylic acids is 2. The predicted octanol–water partition coefficient (Wildman–Crippen LogP) is -0.191. The molecule has 0 radical (unpaired) electrons. The van der Waals surface area contributed by atoms with Gasteiger partial charge in [0.15, 0.2) is 0 Å². The Bertz CT molecular complexity index is 392. The zero-order chi connectivity index (χ0) is 13.4. The molecule has 0 saturated heterocycles. The number of benzene rings is 1. The van der Waals surface area contributed by atoms with Gasteiger partial charge in [0.25, 0.3) is 0 Å². The lowest BCUT2D eigenvalue weighted by atomic mass is 10.1. The van der Waals surface area contributed by atoms with Crippen LogP contribution in [0.1, 0.15) is 12.5 Å². The highest BCUT2D eigenvalue weighted by Crippen LogP contribution is 2.01. The Morgan fingerprint density at radius 2 is 1.89 bits per heavy atom. The first-order chi connectivity index (χ1) is 8.63. The first-order valence-electron chi connectivity index (χ1n) is 5.97. The van der Waals surface area contributed by atoms with E-state index in [0.717, 1.165) is 5.56 Å². The summed E-state index contributed by atoms with van der Waals surface area (Å²) in [4.78, 5) is 22.8. The Balaban J connectivity index is 2.35. The van der Waals surface area contributed by atoms with Gasteiger partial charge in [0, 0.05) is 6.54 Å². The third-order valence-corrected chi connectivity index (χ3v) is 2.43. The number of hydrogen-bond acceptors (Lipinski definition) is 3. The minimum Gasteiger partial charge on any atom is -0.355 e. The van der Waals surface area contributed by atoms with E-state index in [1.165, 1.54) is 0 Å². The lowest BCUT2D eigenvalue weighted by molar-refractivity contribution is -0.126. The molecule has 0 aliphatic carbocycles. The van der Waals surface area contributed by atoms with E-state index in [0.29, 0.717) is 13.0 Å². The van der Waals surface area contributed by atoms with Crippen LogP contribution in [0.5, 0.6) is 0 Å². The zero-order valence-electron chi connectivity index (χ0n) is 10.5. The minimum atomic E-state index is -0.637. The van der Waals surface area contributed by atoms with Gasteiger partial charge in [-0.1, -0.05) is 30.3 Å². The first-order valence-corrected chi connectivity index (χ1v) is 5.97. The van der Waals surface area contributed by atoms with Gasteiger partial charge in [-0.3, -0.25) is 9.59 Å². The van der Waals surface area contributed by atoms with Crippen molar-refractivity contribution in [3.8, 4) is 0 Å². The zero-order valence-corrected chi connectivity index (χ0v) is 10.5. The third-order valence-electron chi connectivity index (χ3n) is 2.43. The summed E-state index contributed by atoms with van der Waals surface area (Å²) in [7, 11) is 0. The summed E-state index contributed by atoms with van der Waals surface area (Å²) < 4.78 is 0. The van der Waals surface area contributed by atoms with Crippen LogP contribution in [0.2, 0.25) is 0 Å². The quantitative estimate of drug-likeness (QED) is 0.653. The lowest BCUT2D eigenvalue weighted by Gasteiger charge is -2.12. The van der Waals surface area contributed by atoms with Crippen molar-refractivity contribution < 1.29 is 9.59 Å². The molecule has 5 heteroatoms. The Morgan fingerprint density at radius 3 is 2.50 bits per heavy atom. The van der Waals surface area contributed by atoms with Gasteiger partial charge in [0.2, 0.25) is 11.8 Å². The normalized spacial score (nSPS) is 11.7. The number of nitrogens with two attached hydrogens (primary N) is 1. The van der Waals surface area contributed by atoms with E-state index in [1.807, 2.05) is 37.3 Å². The maximum absolute atomic E-state index is 11.6. The van der Waals surface area contributed by atoms with E-state index >= 15 is 0 Å². The summed E-state index contributed by atoms with van der Waals surface area (Å²) in [5, 5.41) is 5.11. The topological polar surface area (TPSA) is 84.2 Å². The molecule has 18 heavy (non-hydrogen) atoms. The lowest BCUT2D eigenvalue weighted by Crippen LogP contribution is -2.45. The van der Waals surface area contributed by atoms with E-state index in [1.54, 1.807) is 0 Å². The average Bonchev–Trinajstić information content (AvgIpc) is 2.37. The number of hydrogen-bond donors (Lipinski definition) is 3. The Morgan fingerprint density at radius 1 is 1.22 bits per heavy atom. The van der Waals surface area contributed by atoms with Gasteiger partial charge < -0.3 is 16.4 Å². The molecule has 1 unspecified atom stereocenters. The number of carbonyl (C=O) groups is 2. The summed E-state index contributed by atoms with van der Waals surface area (Å²) in [6.45, 7) is 2.33. The molecule has 0 fully saturated rings. The molecule has 5 nitrogen and oxygen atoms in total. The largest absolute Gasteiger partial charge is 0.355 e. The molecular weight excluding hydrogens is 230 g/mol. The molecule has 0 aliphatic heterocycles. The van der Waals surface area contributed by atoms with Crippen LogP contribution >= 0.6 is 0 Å². The van der Waals surface area contributed by atoms with Gasteiger partial charge in [-0.25, -0.2) is 0 Å². The Labute approximate surface area is 107 Å². The van der Waals surface area contributed by atoms with Crippen molar-refractivity contribution in [1.82, 2.24) is 10.6 Å². The molecule has 1 aromatic rings. The molecule has 1 atom stereocenters. The van der Waals surface area contributed by atoms with Crippen LogP contribution in [0.25, 0.3) is 0 Å². The fourth-order valence-electron chi connectivity index (χ4n) is 1.52. The summed E-state index contributed by atoms with van der Waals surface area (Å²) in [6, 6.07) is 8.89. The van der Waals surface area contributed by atoms with Crippen LogP contribution in [-0.2, 0) is 16.0 Å². The second-order valence-electron chi connectivity index (χ2n) is 3.97. The SMILES string of the molecule is CCNC(=O)CNC(=O)C(N)Cc1ccccc1. The fourth-order valence-corrected chi connectivity index (χ4v) is 1.52. The van der Waals surface area contributed by atoms with E-state index in [2.05, 4.69) is 10.6 Å². The second kappa shape index (κ2) is 7.45. The van der Waals surface area contributed by atoms with Crippen LogP contribution in [0.4, 0.5) is 0 Å². The van der Waals surface area contributed by atoms with Gasteiger partial charge in [-0.05, 0) is 18.9 Å². The highest BCUT2D eigenvalue weighted by Gasteiger charge is 2.14. The van der Waals surface area contributed by atoms with Crippen molar-refractivity contribution in [2.45, 2.75) is 19.4 Å². The molecule has 0 spiro atoms. The molecule has 0 saturated carbocycles. The molecule has 98 valence electrons. The predicted molar refractivity (Wildman–Crippen MR) is 69.8 cm³/mol. The summed E-state index contributed by atoms with van der Waals surface area (Å²) in [5.74, 6) is -0.525. The van der Waals surface area contributed by atoms with Crippen LogP contribution in [0.15, 0.2) is 30.3 Å². The Hall–Kier alpha value is -1.88. The van der Waals surface area contributed by atoms with Crippen molar-refractivity contribution in [3.63, 3.8) is 0 Å². The molecule has 0 aromatic heterocycles. The number of rotatable bonds is 6. The van der Waals surface area contributed by atoms with E-state index in [-0.39, 0.29) is 18.4 Å². The molecule has 1 aromatic carbocycles. The molecule has 0 aliphatic rings. The van der Waals surface area contributed by atoms with Gasteiger partial charge in [0.1, 0.15) is 0 Å². The van der Waals surface area contributed by atoms with Gasteiger partial charge >= 0.3 is 0 Å². The number of amides is 2. The summed E-state index contributed by atoms with van der Waals surface area (Å²) >= 11 is 0. The molecule has 0 heterocycles. The highest BCUT2D eigenvalue weighted by atomic mass is 16.2. The van der Waals surface area contributed by atoms with Crippen molar-refractivity contribution in [2.24, 2.45) is 5.73 Å². The van der Waals surface area contributed by atoms with Crippen LogP contribution in [-0.4, -0.2) is 30.9 Å². The van der Waals surface area contributed by atoms with Crippen molar-refractivity contribution in [2.75, 3.05) is 13.1 Å². The van der Waals surface area contributed by atoms with Crippen LogP contribution in [0, 0.1) is 0 Å². The fraction of sp³-hybridized carbons (Fsp3) is 0.385. The van der Waals surface area contributed by atoms with Gasteiger partial charge in [0.05, 0.1) is 12.6 Å². The van der Waals surface area contributed by atoms with Crippen molar-refractivity contribution in [3.05, 3.63) is 35.9 Å². The van der Waals surface area contributed by atoms with Crippen LogP contribution < -0.4 is 16.4 Å². The van der Waals surface area contributed by atoms with Gasteiger partial charge in [-0.2, -0.15) is 0 Å². The third kappa shape index (κ3) is 4.97. The van der Waals surface area contributed by atoms with E-state index in [9.17, 15) is 9.59 Å². The van der Waals surface area contributed by atoms with Crippen molar-refractivity contribution >= 4 is 11.8 Å². The number of nitrogens with one attached hydrogen (secondary N) is 2. The summed E-state index contributed by atoms with van der Waals surface area (Å²) in [6.07, 6.45) is 0.460. The molecule has 2 amide bonds. The summed E-state index contributed by atoms with van der Waals surface area (Å²) in [5.41, 5.74) is 6.76. The maximum Gasteiger partial charge on any atom is 0.239 e.